The van der Waals surface area contributed by atoms with Crippen LogP contribution in [0.1, 0.15) is 27.2 Å². The standard InChI is InChI=1S/C14H20FN3O4S/c1-14(2,3)22-13(19)18-5-4-10(8-18)9-23(20,21)12-16-6-11(15)7-17-12/h6-7,10H,4-5,8-9H2,1-3H3/t10-/m1/s1. The second-order valence-electron chi connectivity index (χ2n) is 6.55. The summed E-state index contributed by atoms with van der Waals surface area (Å²) >= 11 is 0. The maximum absolute atomic E-state index is 12.8. The van der Waals surface area contributed by atoms with Gasteiger partial charge in [0, 0.05) is 13.1 Å². The van der Waals surface area contributed by atoms with Crippen molar-refractivity contribution in [3.63, 3.8) is 0 Å². The molecule has 0 radical (unpaired) electrons. The minimum Gasteiger partial charge on any atom is -0.444 e. The van der Waals surface area contributed by atoms with Gasteiger partial charge in [0.1, 0.15) is 5.60 Å². The van der Waals surface area contributed by atoms with E-state index in [4.69, 9.17) is 4.74 Å². The molecule has 0 bridgehead atoms. The minimum atomic E-state index is -3.71. The highest BCUT2D eigenvalue weighted by atomic mass is 32.2. The predicted octanol–water partition coefficient (Wildman–Crippen LogP) is 1.65. The molecule has 1 fully saturated rings. The van der Waals surface area contributed by atoms with Gasteiger partial charge in [0.15, 0.2) is 5.82 Å². The topological polar surface area (TPSA) is 89.5 Å². The molecule has 0 N–H and O–H groups in total. The molecule has 1 aromatic rings. The van der Waals surface area contributed by atoms with Crippen LogP contribution in [0.4, 0.5) is 9.18 Å². The average molecular weight is 345 g/mol. The number of sulfone groups is 1. The van der Waals surface area contributed by atoms with Crippen LogP contribution in [0, 0.1) is 11.7 Å². The monoisotopic (exact) mass is 345 g/mol. The largest absolute Gasteiger partial charge is 0.444 e. The summed E-state index contributed by atoms with van der Waals surface area (Å²) in [5, 5.41) is -0.394. The predicted molar refractivity (Wildman–Crippen MR) is 80.0 cm³/mol. The molecule has 1 amide bonds. The Kier molecular flexibility index (Phi) is 4.88. The number of hydrogen-bond donors (Lipinski definition) is 0. The molecule has 1 atom stereocenters. The van der Waals surface area contributed by atoms with Crippen molar-refractivity contribution in [2.24, 2.45) is 5.92 Å². The molecule has 1 saturated heterocycles. The van der Waals surface area contributed by atoms with Crippen molar-refractivity contribution in [1.29, 1.82) is 0 Å². The molecule has 0 saturated carbocycles. The van der Waals surface area contributed by atoms with Gasteiger partial charge in [0.2, 0.25) is 15.0 Å². The van der Waals surface area contributed by atoms with E-state index in [2.05, 4.69) is 9.97 Å². The lowest BCUT2D eigenvalue weighted by molar-refractivity contribution is 0.0289. The number of hydrogen-bond acceptors (Lipinski definition) is 6. The second-order valence-corrected chi connectivity index (χ2v) is 8.47. The zero-order valence-electron chi connectivity index (χ0n) is 13.3. The molecule has 0 spiro atoms. The number of nitrogens with zero attached hydrogens (tertiary/aromatic N) is 3. The Hall–Kier alpha value is -1.77. The van der Waals surface area contributed by atoms with Crippen molar-refractivity contribution in [1.82, 2.24) is 14.9 Å². The SMILES string of the molecule is CC(C)(C)OC(=O)N1CC[C@@H](CS(=O)(=O)c2ncc(F)cn2)C1. The van der Waals surface area contributed by atoms with Crippen LogP contribution in [0.3, 0.4) is 0 Å². The van der Waals surface area contributed by atoms with Crippen LogP contribution in [0.15, 0.2) is 17.6 Å². The molecule has 0 aromatic carbocycles. The minimum absolute atomic E-state index is 0.183. The number of aromatic nitrogens is 2. The third kappa shape index (κ3) is 4.85. The van der Waals surface area contributed by atoms with Crippen molar-refractivity contribution in [3.8, 4) is 0 Å². The Bertz CT molecular complexity index is 670. The maximum Gasteiger partial charge on any atom is 0.410 e. The Morgan fingerprint density at radius 1 is 1.39 bits per heavy atom. The molecule has 128 valence electrons. The molecular weight excluding hydrogens is 325 g/mol. The van der Waals surface area contributed by atoms with E-state index >= 15 is 0 Å². The summed E-state index contributed by atoms with van der Waals surface area (Å²) < 4.78 is 42.5. The molecule has 0 aliphatic carbocycles. The quantitative estimate of drug-likeness (QED) is 0.774. The number of halogens is 1. The average Bonchev–Trinajstić information content (AvgIpc) is 2.85. The summed E-state index contributed by atoms with van der Waals surface area (Å²) in [6.45, 7) is 6.06. The third-order valence-corrected chi connectivity index (χ3v) is 4.94. The number of carbonyl (C=O) groups excluding carboxylic acids is 1. The summed E-state index contributed by atoms with van der Waals surface area (Å²) in [5.74, 6) is -1.10. The van der Waals surface area contributed by atoms with E-state index < -0.39 is 32.5 Å². The smallest absolute Gasteiger partial charge is 0.410 e. The van der Waals surface area contributed by atoms with Gasteiger partial charge in [-0.2, -0.15) is 0 Å². The zero-order chi connectivity index (χ0) is 17.3. The van der Waals surface area contributed by atoms with E-state index in [1.165, 1.54) is 4.90 Å². The second kappa shape index (κ2) is 6.38. The van der Waals surface area contributed by atoms with Gasteiger partial charge in [-0.15, -0.1) is 0 Å². The van der Waals surface area contributed by atoms with Crippen molar-refractivity contribution in [2.45, 2.75) is 37.9 Å². The molecule has 9 heteroatoms. The summed E-state index contributed by atoms with van der Waals surface area (Å²) in [7, 11) is -3.71. The van der Waals surface area contributed by atoms with Crippen molar-refractivity contribution >= 4 is 15.9 Å². The van der Waals surface area contributed by atoms with Gasteiger partial charge in [-0.25, -0.2) is 27.6 Å². The molecule has 23 heavy (non-hydrogen) atoms. The molecule has 1 aliphatic heterocycles. The molecule has 7 nitrogen and oxygen atoms in total. The molecule has 1 aromatic heterocycles. The van der Waals surface area contributed by atoms with E-state index in [0.29, 0.717) is 19.5 Å². The molecule has 0 unspecified atom stereocenters. The summed E-state index contributed by atoms with van der Waals surface area (Å²) in [5.41, 5.74) is -0.594. The van der Waals surface area contributed by atoms with Crippen LogP contribution in [0.5, 0.6) is 0 Å². The van der Waals surface area contributed by atoms with Crippen LogP contribution in [-0.4, -0.2) is 53.8 Å². The number of amides is 1. The number of ether oxygens (including phenoxy) is 1. The first-order chi connectivity index (χ1) is 10.6. The first-order valence-electron chi connectivity index (χ1n) is 7.25. The molecule has 2 heterocycles. The van der Waals surface area contributed by atoms with E-state index in [-0.39, 0.29) is 11.7 Å². The van der Waals surface area contributed by atoms with Gasteiger partial charge >= 0.3 is 6.09 Å². The fourth-order valence-corrected chi connectivity index (χ4v) is 3.78. The van der Waals surface area contributed by atoms with E-state index in [1.807, 2.05) is 0 Å². The van der Waals surface area contributed by atoms with Gasteiger partial charge in [-0.3, -0.25) is 0 Å². The van der Waals surface area contributed by atoms with E-state index in [0.717, 1.165) is 12.4 Å². The van der Waals surface area contributed by atoms with Crippen molar-refractivity contribution < 1.29 is 22.3 Å². The van der Waals surface area contributed by atoms with Crippen molar-refractivity contribution in [2.75, 3.05) is 18.8 Å². The normalized spacial score (nSPS) is 19.0. The van der Waals surface area contributed by atoms with Crippen LogP contribution >= 0.6 is 0 Å². The summed E-state index contributed by atoms with van der Waals surface area (Å²) in [6, 6.07) is 0. The van der Waals surface area contributed by atoms with E-state index in [9.17, 15) is 17.6 Å². The first kappa shape index (κ1) is 17.6. The van der Waals surface area contributed by atoms with Crippen LogP contribution in [-0.2, 0) is 14.6 Å². The lowest BCUT2D eigenvalue weighted by atomic mass is 10.2. The summed E-state index contributed by atoms with van der Waals surface area (Å²) in [6.07, 6.45) is 1.75. The van der Waals surface area contributed by atoms with Gasteiger partial charge in [0.05, 0.1) is 18.1 Å². The molecule has 2 rings (SSSR count). The van der Waals surface area contributed by atoms with Gasteiger partial charge < -0.3 is 9.64 Å². The highest BCUT2D eigenvalue weighted by Crippen LogP contribution is 2.22. The van der Waals surface area contributed by atoms with Crippen LogP contribution in [0.2, 0.25) is 0 Å². The lowest BCUT2D eigenvalue weighted by Crippen LogP contribution is -2.35. The molecular formula is C14H20FN3O4S. The van der Waals surface area contributed by atoms with Crippen molar-refractivity contribution in [3.05, 3.63) is 18.2 Å². The Balaban J connectivity index is 1.97. The Morgan fingerprint density at radius 3 is 2.57 bits per heavy atom. The van der Waals surface area contributed by atoms with E-state index in [1.54, 1.807) is 20.8 Å². The highest BCUT2D eigenvalue weighted by molar-refractivity contribution is 7.91. The lowest BCUT2D eigenvalue weighted by Gasteiger charge is -2.24. The zero-order valence-corrected chi connectivity index (χ0v) is 14.1. The third-order valence-electron chi connectivity index (χ3n) is 3.27. The fraction of sp³-hybridized carbons (Fsp3) is 0.643. The number of likely N-dealkylation sites (tertiary alicyclic amines) is 1. The molecule has 1 aliphatic rings. The maximum atomic E-state index is 12.8. The first-order valence-corrected chi connectivity index (χ1v) is 8.90. The number of carbonyl (C=O) groups is 1. The Morgan fingerprint density at radius 2 is 2.00 bits per heavy atom. The van der Waals surface area contributed by atoms with Crippen LogP contribution in [0.25, 0.3) is 0 Å². The van der Waals surface area contributed by atoms with Gasteiger partial charge in [-0.05, 0) is 33.1 Å². The van der Waals surface area contributed by atoms with Crippen LogP contribution < -0.4 is 0 Å². The highest BCUT2D eigenvalue weighted by Gasteiger charge is 2.33. The summed E-state index contributed by atoms with van der Waals surface area (Å²) in [4.78, 5) is 20.5. The Labute approximate surface area is 134 Å². The van der Waals surface area contributed by atoms with Gasteiger partial charge in [0.25, 0.3) is 0 Å². The number of rotatable bonds is 3. The fourth-order valence-electron chi connectivity index (χ4n) is 2.31. The van der Waals surface area contributed by atoms with Gasteiger partial charge in [-0.1, -0.05) is 0 Å².